The minimum absolute atomic E-state index is 0.0240. The molecule has 1 fully saturated rings. The normalized spacial score (nSPS) is 12.7. The van der Waals surface area contributed by atoms with Crippen molar-refractivity contribution in [2.75, 3.05) is 37.9 Å². The van der Waals surface area contributed by atoms with Crippen molar-refractivity contribution in [1.29, 1.82) is 0 Å². The Kier molecular flexibility index (Phi) is 27.0. The first kappa shape index (κ1) is 45.6. The number of unbranched alkanes of at least 4 members (excludes halogenated alkanes) is 18. The zero-order chi connectivity index (χ0) is 37.5. The fraction of sp³-hybridized carbons (Fsp3) is 0.750. The van der Waals surface area contributed by atoms with Gasteiger partial charge in [-0.3, -0.25) is 14.4 Å². The largest absolute Gasteiger partial charge is 0.533 e. The average molecular weight is 768 g/mol. The molecule has 0 bridgehead atoms. The number of imide groups is 1. The molecule has 0 unspecified atom stereocenters. The number of ether oxygens (including phenoxy) is 4. The highest BCUT2D eigenvalue weighted by Crippen LogP contribution is 2.26. The number of hydrogen-bond acceptors (Lipinski definition) is 11. The molecule has 10 nitrogen and oxygen atoms in total. The van der Waals surface area contributed by atoms with Crippen LogP contribution in [0.1, 0.15) is 165 Å². The monoisotopic (exact) mass is 767 g/mol. The van der Waals surface area contributed by atoms with Crippen LogP contribution in [0, 0.1) is 0 Å². The second-order valence-electron chi connectivity index (χ2n) is 13.3. The van der Waals surface area contributed by atoms with Crippen LogP contribution in [0.2, 0.25) is 0 Å². The van der Waals surface area contributed by atoms with E-state index in [4.69, 9.17) is 18.9 Å². The van der Waals surface area contributed by atoms with Gasteiger partial charge >= 0.3 is 12.1 Å². The molecule has 0 atom stereocenters. The zero-order valence-corrected chi connectivity index (χ0v) is 33.6. The Labute approximate surface area is 320 Å². The zero-order valence-electron chi connectivity index (χ0n) is 32.0. The van der Waals surface area contributed by atoms with Gasteiger partial charge in [-0.15, -0.1) is 0 Å². The Bertz CT molecular complexity index is 1080. The van der Waals surface area contributed by atoms with Gasteiger partial charge in [-0.05, 0) is 25.0 Å². The number of nitrogens with zero attached hydrogens (tertiary/aromatic N) is 1. The maximum Gasteiger partial charge on any atom is 0.533 e. The Hall–Kier alpha value is -2.60. The maximum absolute atomic E-state index is 13.0. The van der Waals surface area contributed by atoms with Crippen LogP contribution in [0.15, 0.2) is 18.2 Å². The Balaban J connectivity index is 1.70. The number of rotatable bonds is 33. The quantitative estimate of drug-likeness (QED) is 0.0294. The van der Waals surface area contributed by atoms with Gasteiger partial charge in [-0.1, -0.05) is 156 Å². The first-order valence-electron chi connectivity index (χ1n) is 20.0. The maximum atomic E-state index is 13.0. The highest BCUT2D eigenvalue weighted by atomic mass is 33.1. The molecule has 0 radical (unpaired) electrons. The van der Waals surface area contributed by atoms with Crippen molar-refractivity contribution < 1.29 is 43.0 Å². The molecule has 52 heavy (non-hydrogen) atoms. The van der Waals surface area contributed by atoms with Crippen molar-refractivity contribution in [1.82, 2.24) is 5.06 Å². The lowest BCUT2D eigenvalue weighted by Gasteiger charge is -2.13. The predicted molar refractivity (Wildman–Crippen MR) is 210 cm³/mol. The molecular formula is C40H65NO9S2. The van der Waals surface area contributed by atoms with E-state index in [9.17, 15) is 19.2 Å². The summed E-state index contributed by atoms with van der Waals surface area (Å²) in [7, 11) is 2.91. The van der Waals surface area contributed by atoms with E-state index in [2.05, 4.69) is 18.7 Å². The lowest BCUT2D eigenvalue weighted by molar-refractivity contribution is -0.176. The van der Waals surface area contributed by atoms with Crippen LogP contribution in [-0.4, -0.2) is 66.9 Å². The summed E-state index contributed by atoms with van der Waals surface area (Å²) in [6.45, 7) is 5.94. The highest BCUT2D eigenvalue weighted by Gasteiger charge is 2.33. The van der Waals surface area contributed by atoms with Crippen molar-refractivity contribution in [3.05, 3.63) is 23.8 Å². The molecule has 0 spiro atoms. The van der Waals surface area contributed by atoms with Gasteiger partial charge in [0.2, 0.25) is 0 Å². The second-order valence-corrected chi connectivity index (χ2v) is 16.0. The topological polar surface area (TPSA) is 118 Å². The summed E-state index contributed by atoms with van der Waals surface area (Å²) < 4.78 is 22.6. The smallest absolute Gasteiger partial charge is 0.493 e. The number of amides is 2. The van der Waals surface area contributed by atoms with Gasteiger partial charge in [0.25, 0.3) is 11.8 Å². The van der Waals surface area contributed by atoms with E-state index in [1.165, 1.54) is 124 Å². The van der Waals surface area contributed by atoms with Gasteiger partial charge in [0.15, 0.2) is 0 Å². The lowest BCUT2D eigenvalue weighted by atomic mass is 10.1. The molecule has 1 saturated heterocycles. The summed E-state index contributed by atoms with van der Waals surface area (Å²) in [5.41, 5.74) is 0.401. The SMILES string of the molecule is CCCCCCCCCCCCOc1cc(OCCCCCCCCCCCC)cc(C(=O)OCCSSCCOC(=O)ON2C(=O)CCC2=O)c1. The fourth-order valence-electron chi connectivity index (χ4n) is 5.70. The number of hydroxylamine groups is 2. The fourth-order valence-corrected chi connectivity index (χ4v) is 7.36. The first-order chi connectivity index (χ1) is 25.4. The molecule has 0 aliphatic carbocycles. The van der Waals surface area contributed by atoms with Gasteiger partial charge in [-0.2, -0.15) is 0 Å². The summed E-state index contributed by atoms with van der Waals surface area (Å²) in [6.07, 6.45) is 24.1. The molecule has 2 amide bonds. The van der Waals surface area contributed by atoms with E-state index >= 15 is 0 Å². The van der Waals surface area contributed by atoms with Crippen LogP contribution in [0.4, 0.5) is 4.79 Å². The van der Waals surface area contributed by atoms with Crippen molar-refractivity contribution >= 4 is 45.5 Å². The van der Waals surface area contributed by atoms with E-state index < -0.39 is 23.9 Å². The van der Waals surface area contributed by atoms with Gasteiger partial charge in [0, 0.05) is 30.4 Å². The van der Waals surface area contributed by atoms with E-state index in [1.807, 2.05) is 6.07 Å². The molecule has 1 heterocycles. The summed E-state index contributed by atoms with van der Waals surface area (Å²) in [5.74, 6) is 0.672. The molecule has 0 saturated carbocycles. The van der Waals surface area contributed by atoms with Crippen molar-refractivity contribution in [2.45, 2.75) is 155 Å². The second kappa shape index (κ2) is 30.8. The van der Waals surface area contributed by atoms with Crippen molar-refractivity contribution in [3.8, 4) is 11.5 Å². The van der Waals surface area contributed by atoms with Crippen molar-refractivity contribution in [2.24, 2.45) is 0 Å². The van der Waals surface area contributed by atoms with Crippen LogP contribution >= 0.6 is 21.6 Å². The minimum atomic E-state index is -1.09. The average Bonchev–Trinajstić information content (AvgIpc) is 3.45. The highest BCUT2D eigenvalue weighted by molar-refractivity contribution is 8.76. The van der Waals surface area contributed by atoms with Crippen LogP contribution in [0.25, 0.3) is 0 Å². The third kappa shape index (κ3) is 22.5. The first-order valence-corrected chi connectivity index (χ1v) is 22.5. The molecular weight excluding hydrogens is 703 g/mol. The molecule has 1 aliphatic heterocycles. The summed E-state index contributed by atoms with van der Waals surface area (Å²) >= 11 is 0. The number of carbonyl (C=O) groups excluding carboxylic acids is 4. The third-order valence-corrected chi connectivity index (χ3v) is 11.0. The van der Waals surface area contributed by atoms with Crippen LogP contribution < -0.4 is 9.47 Å². The molecule has 0 N–H and O–H groups in total. The molecule has 0 aromatic heterocycles. The number of benzene rings is 1. The van der Waals surface area contributed by atoms with Crippen LogP contribution in [0.3, 0.4) is 0 Å². The minimum Gasteiger partial charge on any atom is -0.493 e. The molecule has 1 aromatic rings. The molecule has 296 valence electrons. The van der Waals surface area contributed by atoms with Crippen LogP contribution in [0.5, 0.6) is 11.5 Å². The van der Waals surface area contributed by atoms with E-state index in [1.54, 1.807) is 12.1 Å². The Morgan fingerprint density at radius 2 is 0.962 bits per heavy atom. The summed E-state index contributed by atoms with van der Waals surface area (Å²) in [5, 5.41) is 0.451. The third-order valence-electron chi connectivity index (χ3n) is 8.69. The van der Waals surface area contributed by atoms with E-state index in [-0.39, 0.29) is 26.1 Å². The lowest BCUT2D eigenvalue weighted by Crippen LogP contribution is -2.32. The number of esters is 1. The van der Waals surface area contributed by atoms with Gasteiger partial charge in [-0.25, -0.2) is 9.59 Å². The van der Waals surface area contributed by atoms with E-state index in [0.29, 0.717) is 46.8 Å². The molecule has 1 aromatic carbocycles. The van der Waals surface area contributed by atoms with Crippen LogP contribution in [-0.2, 0) is 23.9 Å². The summed E-state index contributed by atoms with van der Waals surface area (Å²) in [4.78, 5) is 52.4. The Morgan fingerprint density at radius 3 is 1.40 bits per heavy atom. The Morgan fingerprint density at radius 1 is 0.558 bits per heavy atom. The number of carbonyl (C=O) groups is 4. The molecule has 12 heteroatoms. The standard InChI is InChI=1S/C40H65NO9S2/c1-3-5-7-9-11-13-15-17-19-21-25-46-35-31-34(32-36(33-35)47-26-22-20-18-16-14-12-10-8-6-4-2)39(44)48-27-29-51-52-30-28-49-40(45)50-41-37(42)23-24-38(41)43/h31-33H,3-30H2,1-2H3. The number of hydrogen-bond donors (Lipinski definition) is 0. The van der Waals surface area contributed by atoms with Crippen molar-refractivity contribution in [3.63, 3.8) is 0 Å². The van der Waals surface area contributed by atoms with Gasteiger partial charge in [0.1, 0.15) is 24.7 Å². The summed E-state index contributed by atoms with van der Waals surface area (Å²) in [6, 6.07) is 5.33. The molecule has 2 rings (SSSR count). The predicted octanol–water partition coefficient (Wildman–Crippen LogP) is 11.0. The van der Waals surface area contributed by atoms with E-state index in [0.717, 1.165) is 25.7 Å². The van der Waals surface area contributed by atoms with Gasteiger partial charge in [0.05, 0.1) is 18.8 Å². The van der Waals surface area contributed by atoms with Gasteiger partial charge < -0.3 is 18.9 Å². The molecule has 1 aliphatic rings.